The molecule has 6 heteroatoms. The Labute approximate surface area is 78.3 Å². The fourth-order valence-corrected chi connectivity index (χ4v) is 2.22. The van der Waals surface area contributed by atoms with Crippen LogP contribution in [0, 0.1) is 0 Å². The van der Waals surface area contributed by atoms with E-state index in [4.69, 9.17) is 0 Å². The van der Waals surface area contributed by atoms with Gasteiger partial charge in [-0.05, 0) is 24.3 Å². The summed E-state index contributed by atoms with van der Waals surface area (Å²) in [7, 11) is 0. The molecule has 0 unspecified atom stereocenters. The molecule has 13 heavy (non-hydrogen) atoms. The number of rotatable bonds is 1. The Morgan fingerprint density at radius 1 is 1.31 bits per heavy atom. The molecular formula is C7H10F3NOS. The minimum Gasteiger partial charge on any atom is -0.345 e. The van der Waals surface area contributed by atoms with Crippen LogP contribution in [0.25, 0.3) is 0 Å². The van der Waals surface area contributed by atoms with Gasteiger partial charge in [0.2, 0.25) is 0 Å². The predicted octanol–water partition coefficient (Wildman–Crippen LogP) is 1.56. The second kappa shape index (κ2) is 4.21. The molecule has 1 rings (SSSR count). The van der Waals surface area contributed by atoms with Crippen molar-refractivity contribution in [2.75, 3.05) is 11.5 Å². The molecule has 0 aliphatic carbocycles. The lowest BCUT2D eigenvalue weighted by atomic mass is 10.1. The van der Waals surface area contributed by atoms with E-state index >= 15 is 0 Å². The molecule has 76 valence electrons. The molecule has 0 atom stereocenters. The SMILES string of the molecule is O=C(NC1CCSCC1)C(F)(F)F. The number of hydrogen-bond donors (Lipinski definition) is 1. The first-order valence-electron chi connectivity index (χ1n) is 3.95. The van der Waals surface area contributed by atoms with Gasteiger partial charge in [-0.3, -0.25) is 4.79 Å². The summed E-state index contributed by atoms with van der Waals surface area (Å²) < 4.78 is 35.4. The summed E-state index contributed by atoms with van der Waals surface area (Å²) in [6.45, 7) is 0. The number of carbonyl (C=O) groups excluding carboxylic acids is 1. The molecule has 1 amide bonds. The Morgan fingerprint density at radius 3 is 2.31 bits per heavy atom. The molecule has 1 aliphatic heterocycles. The Balaban J connectivity index is 2.35. The van der Waals surface area contributed by atoms with Crippen LogP contribution < -0.4 is 5.32 Å². The monoisotopic (exact) mass is 213 g/mol. The van der Waals surface area contributed by atoms with Gasteiger partial charge in [-0.2, -0.15) is 24.9 Å². The van der Waals surface area contributed by atoms with Crippen molar-refractivity contribution in [2.45, 2.75) is 25.1 Å². The van der Waals surface area contributed by atoms with Crippen LogP contribution in [0.1, 0.15) is 12.8 Å². The summed E-state index contributed by atoms with van der Waals surface area (Å²) in [4.78, 5) is 10.5. The van der Waals surface area contributed by atoms with Gasteiger partial charge >= 0.3 is 12.1 Å². The highest BCUT2D eigenvalue weighted by atomic mass is 32.2. The van der Waals surface area contributed by atoms with Gasteiger partial charge in [0.25, 0.3) is 0 Å². The first kappa shape index (κ1) is 10.7. The van der Waals surface area contributed by atoms with E-state index < -0.39 is 12.1 Å². The molecule has 0 bridgehead atoms. The minimum absolute atomic E-state index is 0.296. The van der Waals surface area contributed by atoms with Crippen LogP contribution in [-0.2, 0) is 4.79 Å². The summed E-state index contributed by atoms with van der Waals surface area (Å²) in [6.07, 6.45) is -3.48. The van der Waals surface area contributed by atoms with Crippen LogP contribution in [0.5, 0.6) is 0 Å². The van der Waals surface area contributed by atoms with E-state index in [9.17, 15) is 18.0 Å². The highest BCUT2D eigenvalue weighted by Gasteiger charge is 2.39. The van der Waals surface area contributed by atoms with Crippen molar-refractivity contribution < 1.29 is 18.0 Å². The van der Waals surface area contributed by atoms with Crippen molar-refractivity contribution in [2.24, 2.45) is 0 Å². The number of nitrogens with one attached hydrogen (secondary N) is 1. The third-order valence-corrected chi connectivity index (χ3v) is 2.86. The summed E-state index contributed by atoms with van der Waals surface area (Å²) in [6, 6.07) is -0.296. The largest absolute Gasteiger partial charge is 0.471 e. The van der Waals surface area contributed by atoms with Gasteiger partial charge in [-0.1, -0.05) is 0 Å². The predicted molar refractivity (Wildman–Crippen MR) is 44.5 cm³/mol. The molecule has 0 radical (unpaired) electrons. The van der Waals surface area contributed by atoms with Gasteiger partial charge in [0.15, 0.2) is 0 Å². The second-order valence-electron chi connectivity index (χ2n) is 2.86. The number of halogens is 3. The molecule has 0 aromatic heterocycles. The molecule has 0 spiro atoms. The normalized spacial score (nSPS) is 19.9. The van der Waals surface area contributed by atoms with E-state index in [1.54, 1.807) is 11.8 Å². The van der Waals surface area contributed by atoms with E-state index in [0.717, 1.165) is 11.5 Å². The van der Waals surface area contributed by atoms with Crippen molar-refractivity contribution in [1.29, 1.82) is 0 Å². The van der Waals surface area contributed by atoms with Crippen LogP contribution >= 0.6 is 11.8 Å². The van der Waals surface area contributed by atoms with Crippen molar-refractivity contribution in [1.82, 2.24) is 5.32 Å². The molecule has 0 saturated carbocycles. The lowest BCUT2D eigenvalue weighted by Gasteiger charge is -2.22. The van der Waals surface area contributed by atoms with E-state index in [2.05, 4.69) is 0 Å². The third kappa shape index (κ3) is 3.46. The molecule has 1 aliphatic rings. The summed E-state index contributed by atoms with van der Waals surface area (Å²) in [5.41, 5.74) is 0. The lowest BCUT2D eigenvalue weighted by Crippen LogP contribution is -2.44. The van der Waals surface area contributed by atoms with Gasteiger partial charge in [-0.25, -0.2) is 0 Å². The Hall–Kier alpha value is -0.390. The molecule has 1 N–H and O–H groups in total. The van der Waals surface area contributed by atoms with E-state index in [0.29, 0.717) is 12.8 Å². The van der Waals surface area contributed by atoms with Gasteiger partial charge in [0, 0.05) is 6.04 Å². The molecule has 1 fully saturated rings. The van der Waals surface area contributed by atoms with Gasteiger partial charge in [0.1, 0.15) is 0 Å². The fraction of sp³-hybridized carbons (Fsp3) is 0.857. The van der Waals surface area contributed by atoms with Crippen molar-refractivity contribution in [3.05, 3.63) is 0 Å². The van der Waals surface area contributed by atoms with Crippen molar-refractivity contribution >= 4 is 17.7 Å². The van der Waals surface area contributed by atoms with Crippen molar-refractivity contribution in [3.63, 3.8) is 0 Å². The Kier molecular flexibility index (Phi) is 3.47. The molecular weight excluding hydrogens is 203 g/mol. The highest BCUT2D eigenvalue weighted by molar-refractivity contribution is 7.99. The zero-order valence-electron chi connectivity index (χ0n) is 6.86. The summed E-state index contributed by atoms with van der Waals surface area (Å²) >= 11 is 1.70. The van der Waals surface area contributed by atoms with Gasteiger partial charge < -0.3 is 5.32 Å². The van der Waals surface area contributed by atoms with Crippen LogP contribution in [0.3, 0.4) is 0 Å². The van der Waals surface area contributed by atoms with Crippen molar-refractivity contribution in [3.8, 4) is 0 Å². The van der Waals surface area contributed by atoms with E-state index in [1.165, 1.54) is 0 Å². The number of thioether (sulfide) groups is 1. The number of hydrogen-bond acceptors (Lipinski definition) is 2. The molecule has 0 aromatic rings. The minimum atomic E-state index is -4.75. The molecule has 2 nitrogen and oxygen atoms in total. The quantitative estimate of drug-likeness (QED) is 0.716. The maximum absolute atomic E-state index is 11.8. The number of amides is 1. The third-order valence-electron chi connectivity index (χ3n) is 1.81. The number of alkyl halides is 3. The first-order valence-corrected chi connectivity index (χ1v) is 5.11. The van der Waals surface area contributed by atoms with Crippen LogP contribution in [0.4, 0.5) is 13.2 Å². The van der Waals surface area contributed by atoms with E-state index in [-0.39, 0.29) is 6.04 Å². The molecule has 0 aromatic carbocycles. The highest BCUT2D eigenvalue weighted by Crippen LogP contribution is 2.19. The summed E-state index contributed by atoms with van der Waals surface area (Å²) in [5.74, 6) is -0.171. The molecule has 1 saturated heterocycles. The van der Waals surface area contributed by atoms with Gasteiger partial charge in [-0.15, -0.1) is 0 Å². The standard InChI is InChI=1S/C7H10F3NOS/c8-7(9,10)6(12)11-5-1-3-13-4-2-5/h5H,1-4H2,(H,11,12). The topological polar surface area (TPSA) is 29.1 Å². The first-order chi connectivity index (χ1) is 6.00. The fourth-order valence-electron chi connectivity index (χ4n) is 1.11. The average molecular weight is 213 g/mol. The van der Waals surface area contributed by atoms with Crippen LogP contribution in [-0.4, -0.2) is 29.6 Å². The van der Waals surface area contributed by atoms with E-state index in [1.807, 2.05) is 5.32 Å². The zero-order valence-corrected chi connectivity index (χ0v) is 7.67. The number of carbonyl (C=O) groups is 1. The molecule has 1 heterocycles. The summed E-state index contributed by atoms with van der Waals surface area (Å²) in [5, 5.41) is 1.98. The smallest absolute Gasteiger partial charge is 0.345 e. The van der Waals surface area contributed by atoms with Crippen LogP contribution in [0.15, 0.2) is 0 Å². The lowest BCUT2D eigenvalue weighted by molar-refractivity contribution is -0.174. The van der Waals surface area contributed by atoms with Gasteiger partial charge in [0.05, 0.1) is 0 Å². The maximum atomic E-state index is 11.8. The second-order valence-corrected chi connectivity index (χ2v) is 4.08. The maximum Gasteiger partial charge on any atom is 0.471 e. The zero-order chi connectivity index (χ0) is 9.90. The Bertz CT molecular complexity index is 189. The average Bonchev–Trinajstić information content (AvgIpc) is 2.04. The Morgan fingerprint density at radius 2 is 1.85 bits per heavy atom. The van der Waals surface area contributed by atoms with Crippen LogP contribution in [0.2, 0.25) is 0 Å².